The highest BCUT2D eigenvalue weighted by Gasteiger charge is 2.16. The summed E-state index contributed by atoms with van der Waals surface area (Å²) < 4.78 is 0. The van der Waals surface area contributed by atoms with Gasteiger partial charge in [0.25, 0.3) is 0 Å². The van der Waals surface area contributed by atoms with Crippen LogP contribution in [0.4, 0.5) is 0 Å². The van der Waals surface area contributed by atoms with Gasteiger partial charge in [0.2, 0.25) is 0 Å². The van der Waals surface area contributed by atoms with Crippen LogP contribution in [0.25, 0.3) is 127 Å². The van der Waals surface area contributed by atoms with Crippen molar-refractivity contribution in [2.45, 2.75) is 156 Å². The number of rotatable bonds is 36. The zero-order valence-corrected chi connectivity index (χ0v) is 66.5. The van der Waals surface area contributed by atoms with E-state index < -0.39 is 0 Å². The molecule has 13 rings (SSSR count). The first-order valence-corrected chi connectivity index (χ1v) is 45.2. The molecule has 0 spiro atoms. The lowest BCUT2D eigenvalue weighted by Gasteiger charge is -2.09. The summed E-state index contributed by atoms with van der Waals surface area (Å²) in [6, 6.07) is 60.7. The van der Waals surface area contributed by atoms with Crippen molar-refractivity contribution in [2.24, 2.45) is 0 Å². The van der Waals surface area contributed by atoms with Crippen molar-refractivity contribution in [3.8, 4) is 78.0 Å². The Labute approximate surface area is 631 Å². The standard InChI is InChI=1S/C86H86S12/c1-5-9-13-17-21-63-33-41-71(87-63)79-49-53-83(95-79)75-45-37-67(91-75)29-25-59-57-61(27-31-69-39-47-77(93-69)85-55-51-81(97-85)73-43-35-65(89-73)23-19-15-11-7-3)62(28-32-70-40-48-78(94-70)86-56-52-82(98-86)74-44-36-66(90-74)24-20-16-12-8-4)58-60(59)26-30-68-38-46-76(92-68)84-54-50-80(96-84)72-42-34-64(88-72)22-18-14-10-6-2/h25-58H,5-24H2,1-4H3/b29-25-,30-26+,31-27+,32-28+. The molecule has 0 saturated carbocycles. The Balaban J connectivity index is 0.806. The third-order valence-electron chi connectivity index (χ3n) is 17.6. The first-order chi connectivity index (χ1) is 48.3. The van der Waals surface area contributed by atoms with Gasteiger partial charge in [-0.25, -0.2) is 0 Å². The van der Waals surface area contributed by atoms with Gasteiger partial charge in [-0.2, -0.15) is 0 Å². The molecule has 0 fully saturated rings. The molecule has 0 amide bonds. The summed E-state index contributed by atoms with van der Waals surface area (Å²) in [6.07, 6.45) is 44.3. The molecule has 0 aliphatic rings. The monoisotopic (exact) mass is 1500 g/mol. The van der Waals surface area contributed by atoms with Crippen LogP contribution in [0, 0.1) is 0 Å². The van der Waals surface area contributed by atoms with E-state index in [2.05, 4.69) is 234 Å². The molecule has 12 heterocycles. The summed E-state index contributed by atoms with van der Waals surface area (Å²) in [5.41, 5.74) is 4.75. The van der Waals surface area contributed by atoms with Crippen LogP contribution in [0.15, 0.2) is 158 Å². The maximum absolute atomic E-state index is 2.42. The molecule has 12 aromatic heterocycles. The van der Waals surface area contributed by atoms with Crippen LogP contribution in [0.1, 0.15) is 192 Å². The fourth-order valence-electron chi connectivity index (χ4n) is 12.1. The molecule has 0 saturated heterocycles. The van der Waals surface area contributed by atoms with Crippen LogP contribution in [0.5, 0.6) is 0 Å². The largest absolute Gasteiger partial charge is 0.139 e. The number of aryl methyl sites for hydroxylation is 4. The fraction of sp³-hybridized carbons (Fsp3) is 0.279. The van der Waals surface area contributed by atoms with Gasteiger partial charge in [-0.3, -0.25) is 0 Å². The van der Waals surface area contributed by atoms with Gasteiger partial charge in [0.1, 0.15) is 0 Å². The van der Waals surface area contributed by atoms with Crippen molar-refractivity contribution in [3.05, 3.63) is 219 Å². The highest BCUT2D eigenvalue weighted by molar-refractivity contribution is 7.29. The Morgan fingerprint density at radius 2 is 0.367 bits per heavy atom. The Hall–Kier alpha value is -5.42. The Morgan fingerprint density at radius 3 is 0.582 bits per heavy atom. The van der Waals surface area contributed by atoms with Crippen molar-refractivity contribution >= 4 is 185 Å². The van der Waals surface area contributed by atoms with Gasteiger partial charge in [0, 0.05) is 117 Å². The van der Waals surface area contributed by atoms with Gasteiger partial charge < -0.3 is 0 Å². The second kappa shape index (κ2) is 35.9. The van der Waals surface area contributed by atoms with Crippen molar-refractivity contribution in [2.75, 3.05) is 0 Å². The van der Waals surface area contributed by atoms with E-state index in [0.29, 0.717) is 0 Å². The van der Waals surface area contributed by atoms with E-state index in [1.165, 1.54) is 268 Å². The summed E-state index contributed by atoms with van der Waals surface area (Å²) >= 11 is 23.1. The molecule has 0 radical (unpaired) electrons. The molecule has 0 aliphatic heterocycles. The smallest absolute Gasteiger partial charge is 0.0449 e. The molecule has 0 atom stereocenters. The molecule has 0 unspecified atom stereocenters. The van der Waals surface area contributed by atoms with E-state index in [9.17, 15) is 0 Å². The van der Waals surface area contributed by atoms with Crippen LogP contribution < -0.4 is 0 Å². The van der Waals surface area contributed by atoms with Crippen LogP contribution in [0.3, 0.4) is 0 Å². The van der Waals surface area contributed by atoms with Crippen molar-refractivity contribution in [1.82, 2.24) is 0 Å². The van der Waals surface area contributed by atoms with Crippen LogP contribution in [-0.4, -0.2) is 0 Å². The third kappa shape index (κ3) is 19.2. The summed E-state index contributed by atoms with van der Waals surface area (Å²) in [4.78, 5) is 32.6. The summed E-state index contributed by atoms with van der Waals surface area (Å²) in [6.45, 7) is 9.16. The SMILES string of the molecule is CCCCCCc1ccc(-c2ccc(-c3ccc(/C=C\c4cc(/C=C/c5ccc(-c6ccc(-c7ccc(CCCCCC)s7)s6)s5)c(/C=C/c5ccc(-c6ccc(-c7ccc(CCCCCC)s7)s6)s5)cc4/C=C/c4ccc(-c5ccc(-c6ccc(CCCCCC)s6)s5)s4)s3)s2)s1. The molecule has 1 aromatic carbocycles. The van der Waals surface area contributed by atoms with Gasteiger partial charge in [-0.15, -0.1) is 136 Å². The van der Waals surface area contributed by atoms with E-state index >= 15 is 0 Å². The molecule has 98 heavy (non-hydrogen) atoms. The van der Waals surface area contributed by atoms with E-state index in [-0.39, 0.29) is 0 Å². The minimum absolute atomic E-state index is 1.19. The van der Waals surface area contributed by atoms with Crippen molar-refractivity contribution in [1.29, 1.82) is 0 Å². The lowest BCUT2D eigenvalue weighted by atomic mass is 9.96. The number of hydrogen-bond donors (Lipinski definition) is 0. The number of unbranched alkanes of at least 4 members (excludes halogenated alkanes) is 12. The zero-order chi connectivity index (χ0) is 66.8. The Morgan fingerprint density at radius 1 is 0.184 bits per heavy atom. The topological polar surface area (TPSA) is 0 Å². The summed E-state index contributed by atoms with van der Waals surface area (Å²) in [5.74, 6) is 0. The molecular weight excluding hydrogens is 1420 g/mol. The maximum Gasteiger partial charge on any atom is 0.0449 e. The van der Waals surface area contributed by atoms with Crippen molar-refractivity contribution < 1.29 is 0 Å². The normalized spacial score (nSPS) is 12.1. The molecule has 0 aliphatic carbocycles. The molecule has 0 nitrogen and oxygen atoms in total. The van der Waals surface area contributed by atoms with Crippen LogP contribution >= 0.6 is 136 Å². The second-order valence-electron chi connectivity index (χ2n) is 25.2. The lowest BCUT2D eigenvalue weighted by Crippen LogP contribution is -1.89. The van der Waals surface area contributed by atoms with E-state index in [0.717, 1.165) is 0 Å². The molecule has 13 aromatic rings. The average molecular weight is 1500 g/mol. The summed E-state index contributed by atoms with van der Waals surface area (Å²) in [7, 11) is 0. The third-order valence-corrected chi connectivity index (χ3v) is 32.3. The van der Waals surface area contributed by atoms with E-state index in [1.54, 1.807) is 0 Å². The maximum atomic E-state index is 2.42. The molecule has 502 valence electrons. The Kier molecular flexibility index (Phi) is 26.0. The minimum Gasteiger partial charge on any atom is -0.139 e. The first kappa shape index (κ1) is 71.0. The Bertz CT molecular complexity index is 4140. The number of benzene rings is 1. The predicted octanol–water partition coefficient (Wildman–Crippen LogP) is 32.9. The van der Waals surface area contributed by atoms with Gasteiger partial charge in [0.15, 0.2) is 0 Å². The lowest BCUT2D eigenvalue weighted by molar-refractivity contribution is 0.670. The first-order valence-electron chi connectivity index (χ1n) is 35.4. The molecule has 0 N–H and O–H groups in total. The quantitative estimate of drug-likeness (QED) is 0.0343. The van der Waals surface area contributed by atoms with E-state index in [4.69, 9.17) is 0 Å². The van der Waals surface area contributed by atoms with Gasteiger partial charge >= 0.3 is 0 Å². The molecule has 12 heteroatoms. The highest BCUT2D eigenvalue weighted by atomic mass is 32.1. The summed E-state index contributed by atoms with van der Waals surface area (Å²) in [5, 5.41) is 0. The molecule has 0 bridgehead atoms. The predicted molar refractivity (Wildman–Crippen MR) is 457 cm³/mol. The molecular formula is C86H86S12. The van der Waals surface area contributed by atoms with Gasteiger partial charge in [-0.05, 0) is 256 Å². The second-order valence-corrected chi connectivity index (χ2v) is 38.7. The minimum atomic E-state index is 1.19. The zero-order valence-electron chi connectivity index (χ0n) is 56.7. The van der Waals surface area contributed by atoms with E-state index in [1.807, 2.05) is 136 Å². The van der Waals surface area contributed by atoms with Crippen molar-refractivity contribution in [3.63, 3.8) is 0 Å². The number of thiophene rings is 12. The average Bonchev–Trinajstić information content (AvgIpc) is 0.893. The van der Waals surface area contributed by atoms with Gasteiger partial charge in [0.05, 0.1) is 0 Å². The van der Waals surface area contributed by atoms with Crippen LogP contribution in [0.2, 0.25) is 0 Å². The van der Waals surface area contributed by atoms with Gasteiger partial charge in [-0.1, -0.05) is 129 Å². The fourth-order valence-corrected chi connectivity index (χ4v) is 24.7. The van der Waals surface area contributed by atoms with Crippen LogP contribution in [-0.2, 0) is 25.7 Å². The number of hydrogen-bond acceptors (Lipinski definition) is 12. The highest BCUT2D eigenvalue weighted by Crippen LogP contribution is 2.46.